The summed E-state index contributed by atoms with van der Waals surface area (Å²) in [5.74, 6) is 0.0113. The second kappa shape index (κ2) is 7.22. The van der Waals surface area contributed by atoms with E-state index < -0.39 is 21.2 Å². The second-order valence-electron chi connectivity index (χ2n) is 9.14. The molecular formula is C25H24ClNO4S. The number of fused-ring (bicyclic) bond motifs is 1. The summed E-state index contributed by atoms with van der Waals surface area (Å²) in [5.41, 5.74) is 10.8. The van der Waals surface area contributed by atoms with Crippen molar-refractivity contribution in [2.75, 3.05) is 0 Å². The number of rotatable bonds is 5. The second-order valence-corrected chi connectivity index (χ2v) is 11.6. The maximum absolute atomic E-state index is 12.9. The van der Waals surface area contributed by atoms with E-state index in [4.69, 9.17) is 21.8 Å². The molecule has 0 spiro atoms. The normalized spacial score (nSPS) is 24.2. The van der Waals surface area contributed by atoms with Gasteiger partial charge in [-0.05, 0) is 77.7 Å². The molecule has 5 rings (SSSR count). The number of hydrogen-bond donors (Lipinski definition) is 1. The summed E-state index contributed by atoms with van der Waals surface area (Å²) in [6, 6.07) is 15.3. The fourth-order valence-electron chi connectivity index (χ4n) is 5.39. The van der Waals surface area contributed by atoms with Crippen molar-refractivity contribution in [1.29, 1.82) is 0 Å². The Morgan fingerprint density at radius 3 is 2.50 bits per heavy atom. The summed E-state index contributed by atoms with van der Waals surface area (Å²) in [7, 11) is -3.14. The number of amides is 1. The van der Waals surface area contributed by atoms with Crippen LogP contribution in [0.4, 0.5) is 0 Å². The van der Waals surface area contributed by atoms with Crippen molar-refractivity contribution < 1.29 is 17.6 Å². The number of benzene rings is 2. The topological polar surface area (TPSA) is 90.4 Å². The molecule has 1 fully saturated rings. The van der Waals surface area contributed by atoms with E-state index >= 15 is 0 Å². The van der Waals surface area contributed by atoms with Crippen LogP contribution in [0.15, 0.2) is 52.9 Å². The Bertz CT molecular complexity index is 1360. The largest absolute Gasteiger partial charge is 0.449 e. The summed E-state index contributed by atoms with van der Waals surface area (Å²) in [4.78, 5) is 12.9. The van der Waals surface area contributed by atoms with Gasteiger partial charge in [0, 0.05) is 5.92 Å². The van der Waals surface area contributed by atoms with Crippen LogP contribution in [0.2, 0.25) is 5.22 Å². The molecule has 1 amide bonds. The summed E-state index contributed by atoms with van der Waals surface area (Å²) < 4.78 is 30.0. The minimum atomic E-state index is -3.14. The average Bonchev–Trinajstić information content (AvgIpc) is 3.17. The van der Waals surface area contributed by atoms with Gasteiger partial charge in [0.15, 0.2) is 15.1 Å². The Morgan fingerprint density at radius 1 is 1.09 bits per heavy atom. The standard InChI is InChI=1S/C25H24ClNO4S/c1-14-3-6-19(15(2)9-14)23(21-7-8-22(26)31-21)20-11-25(20,24(27)28)18-5-4-16-12-32(29,30)13-17(16)10-18/h3-10,20,23H,11-13H2,1-2H3,(H2,27,28). The van der Waals surface area contributed by atoms with Crippen molar-refractivity contribution in [2.24, 2.45) is 11.7 Å². The van der Waals surface area contributed by atoms with Crippen LogP contribution in [0.3, 0.4) is 0 Å². The van der Waals surface area contributed by atoms with Crippen LogP contribution in [0, 0.1) is 19.8 Å². The third-order valence-corrected chi connectivity index (χ3v) is 8.69. The highest BCUT2D eigenvalue weighted by Crippen LogP contribution is 2.62. The first-order valence-corrected chi connectivity index (χ1v) is 12.8. The van der Waals surface area contributed by atoms with Crippen molar-refractivity contribution in [3.05, 3.63) is 92.9 Å². The molecule has 2 N–H and O–H groups in total. The fourth-order valence-corrected chi connectivity index (χ4v) is 7.14. The van der Waals surface area contributed by atoms with Crippen LogP contribution >= 0.6 is 11.6 Å². The summed E-state index contributed by atoms with van der Waals surface area (Å²) in [6.07, 6.45) is 0.560. The highest BCUT2D eigenvalue weighted by molar-refractivity contribution is 7.90. The van der Waals surface area contributed by atoms with E-state index in [2.05, 4.69) is 25.1 Å². The molecule has 3 aromatic rings. The number of furan rings is 1. The van der Waals surface area contributed by atoms with Gasteiger partial charge in [0.1, 0.15) is 5.76 Å². The molecule has 5 nitrogen and oxygen atoms in total. The number of hydrogen-bond acceptors (Lipinski definition) is 4. The summed E-state index contributed by atoms with van der Waals surface area (Å²) in [5, 5.41) is 0.294. The molecule has 3 unspecified atom stereocenters. The van der Waals surface area contributed by atoms with Crippen molar-refractivity contribution in [1.82, 2.24) is 0 Å². The first-order valence-electron chi connectivity index (χ1n) is 10.6. The molecule has 0 bridgehead atoms. The number of primary amides is 1. The van der Waals surface area contributed by atoms with E-state index in [9.17, 15) is 13.2 Å². The molecule has 0 radical (unpaired) electrons. The van der Waals surface area contributed by atoms with Crippen molar-refractivity contribution in [3.63, 3.8) is 0 Å². The van der Waals surface area contributed by atoms with Gasteiger partial charge in [-0.3, -0.25) is 4.79 Å². The van der Waals surface area contributed by atoms with Crippen molar-refractivity contribution in [2.45, 2.75) is 43.1 Å². The highest BCUT2D eigenvalue weighted by atomic mass is 35.5. The number of aryl methyl sites for hydroxylation is 2. The molecule has 2 aliphatic rings. The van der Waals surface area contributed by atoms with Crippen LogP contribution in [0.25, 0.3) is 0 Å². The van der Waals surface area contributed by atoms with E-state index in [-0.39, 0.29) is 23.3 Å². The Labute approximate surface area is 192 Å². The fraction of sp³-hybridized carbons (Fsp3) is 0.320. The minimum absolute atomic E-state index is 0.00394. The minimum Gasteiger partial charge on any atom is -0.449 e. The zero-order valence-corrected chi connectivity index (χ0v) is 19.5. The SMILES string of the molecule is Cc1ccc(C(c2ccc(Cl)o2)C2CC2(C(N)=O)c2ccc3c(c2)CS(=O)(=O)C3)c(C)c1. The molecule has 1 aliphatic carbocycles. The van der Waals surface area contributed by atoms with Gasteiger partial charge in [0.2, 0.25) is 5.91 Å². The van der Waals surface area contributed by atoms with Gasteiger partial charge in [-0.15, -0.1) is 0 Å². The monoisotopic (exact) mass is 469 g/mol. The lowest BCUT2D eigenvalue weighted by Crippen LogP contribution is -2.32. The lowest BCUT2D eigenvalue weighted by atomic mass is 9.81. The summed E-state index contributed by atoms with van der Waals surface area (Å²) >= 11 is 6.11. The van der Waals surface area contributed by atoms with Gasteiger partial charge >= 0.3 is 0 Å². The molecule has 166 valence electrons. The van der Waals surface area contributed by atoms with Crippen LogP contribution < -0.4 is 5.73 Å². The number of carbonyl (C=O) groups excluding carboxylic acids is 1. The van der Waals surface area contributed by atoms with Crippen LogP contribution in [0.1, 0.15) is 51.5 Å². The molecule has 2 heterocycles. The van der Waals surface area contributed by atoms with E-state index in [0.717, 1.165) is 33.4 Å². The molecule has 0 saturated heterocycles. The van der Waals surface area contributed by atoms with E-state index in [1.807, 2.05) is 31.2 Å². The first-order chi connectivity index (χ1) is 15.1. The molecule has 1 saturated carbocycles. The highest BCUT2D eigenvalue weighted by Gasteiger charge is 2.64. The van der Waals surface area contributed by atoms with Gasteiger partial charge in [-0.2, -0.15) is 0 Å². The molecular weight excluding hydrogens is 446 g/mol. The maximum Gasteiger partial charge on any atom is 0.228 e. The van der Waals surface area contributed by atoms with E-state index in [1.165, 1.54) is 0 Å². The third kappa shape index (κ3) is 3.37. The quantitative estimate of drug-likeness (QED) is 0.593. The zero-order valence-electron chi connectivity index (χ0n) is 17.9. The number of halogens is 1. The summed E-state index contributed by atoms with van der Waals surface area (Å²) in [6.45, 7) is 4.09. The van der Waals surface area contributed by atoms with Gasteiger partial charge in [-0.25, -0.2) is 8.42 Å². The predicted molar refractivity (Wildman–Crippen MR) is 123 cm³/mol. The van der Waals surface area contributed by atoms with Crippen LogP contribution in [-0.4, -0.2) is 14.3 Å². The smallest absolute Gasteiger partial charge is 0.228 e. The van der Waals surface area contributed by atoms with Gasteiger partial charge < -0.3 is 10.2 Å². The Kier molecular flexibility index (Phi) is 4.80. The number of nitrogens with two attached hydrogens (primary N) is 1. The lowest BCUT2D eigenvalue weighted by molar-refractivity contribution is -0.120. The molecule has 1 aromatic heterocycles. The molecule has 32 heavy (non-hydrogen) atoms. The Hall–Kier alpha value is -2.57. The van der Waals surface area contributed by atoms with E-state index in [0.29, 0.717) is 17.4 Å². The zero-order chi connectivity index (χ0) is 22.8. The average molecular weight is 470 g/mol. The van der Waals surface area contributed by atoms with E-state index in [1.54, 1.807) is 6.07 Å². The predicted octanol–water partition coefficient (Wildman–Crippen LogP) is 4.55. The molecule has 1 aliphatic heterocycles. The lowest BCUT2D eigenvalue weighted by Gasteiger charge is -2.22. The van der Waals surface area contributed by atoms with Crippen LogP contribution in [0.5, 0.6) is 0 Å². The van der Waals surface area contributed by atoms with Gasteiger partial charge in [0.25, 0.3) is 0 Å². The van der Waals surface area contributed by atoms with Crippen LogP contribution in [-0.2, 0) is 31.6 Å². The van der Waals surface area contributed by atoms with Gasteiger partial charge in [0.05, 0.1) is 16.9 Å². The molecule has 3 atom stereocenters. The number of sulfone groups is 1. The third-order valence-electron chi connectivity index (χ3n) is 6.99. The number of carbonyl (C=O) groups is 1. The Morgan fingerprint density at radius 2 is 1.84 bits per heavy atom. The maximum atomic E-state index is 12.9. The Balaban J connectivity index is 1.61. The molecule has 2 aromatic carbocycles. The van der Waals surface area contributed by atoms with Gasteiger partial charge in [-0.1, -0.05) is 42.0 Å². The van der Waals surface area contributed by atoms with Crippen molar-refractivity contribution >= 4 is 27.3 Å². The van der Waals surface area contributed by atoms with Crippen molar-refractivity contribution in [3.8, 4) is 0 Å². The first kappa shape index (κ1) is 21.3. The molecule has 7 heteroatoms.